The van der Waals surface area contributed by atoms with Crippen molar-refractivity contribution in [3.63, 3.8) is 0 Å². The number of methoxy groups -OCH3 is 1. The van der Waals surface area contributed by atoms with Crippen molar-refractivity contribution in [2.45, 2.75) is 6.92 Å². The molecule has 0 radical (unpaired) electrons. The van der Waals surface area contributed by atoms with Crippen LogP contribution in [0.3, 0.4) is 0 Å². The predicted octanol–water partition coefficient (Wildman–Crippen LogP) is 3.45. The molecule has 0 unspecified atom stereocenters. The van der Waals surface area contributed by atoms with E-state index in [1.54, 1.807) is 6.20 Å². The maximum atomic E-state index is 11.7. The first-order valence-electron chi connectivity index (χ1n) is 6.09. The van der Waals surface area contributed by atoms with Crippen LogP contribution in [0.15, 0.2) is 36.7 Å². The van der Waals surface area contributed by atoms with E-state index >= 15 is 0 Å². The maximum Gasteiger partial charge on any atom is 0.349 e. The Labute approximate surface area is 120 Å². The monoisotopic (exact) mass is 284 g/mol. The molecule has 4 nitrogen and oxygen atoms in total. The standard InChI is InChI=1S/C15H12N2O2S/c1-9-13(15(18)19-2)20-14(17-9)12-8-16-7-10-5-3-4-6-11(10)12/h3-8H,1-2H3. The molecule has 5 heteroatoms. The third-order valence-electron chi connectivity index (χ3n) is 3.07. The minimum Gasteiger partial charge on any atom is -0.465 e. The molecule has 20 heavy (non-hydrogen) atoms. The van der Waals surface area contributed by atoms with Gasteiger partial charge in [0.15, 0.2) is 0 Å². The SMILES string of the molecule is COC(=O)c1sc(-c2cncc3ccccc23)nc1C. The molecule has 0 saturated carbocycles. The van der Waals surface area contributed by atoms with Gasteiger partial charge in [-0.15, -0.1) is 11.3 Å². The summed E-state index contributed by atoms with van der Waals surface area (Å²) in [6.07, 6.45) is 3.60. The molecule has 0 fully saturated rings. The summed E-state index contributed by atoms with van der Waals surface area (Å²) >= 11 is 1.33. The van der Waals surface area contributed by atoms with Crippen LogP contribution in [0.4, 0.5) is 0 Å². The van der Waals surface area contributed by atoms with Gasteiger partial charge in [0.05, 0.1) is 12.8 Å². The average molecular weight is 284 g/mol. The van der Waals surface area contributed by atoms with Crippen molar-refractivity contribution in [2.75, 3.05) is 7.11 Å². The highest BCUT2D eigenvalue weighted by atomic mass is 32.1. The third-order valence-corrected chi connectivity index (χ3v) is 4.24. The molecular weight excluding hydrogens is 272 g/mol. The largest absolute Gasteiger partial charge is 0.465 e. The highest BCUT2D eigenvalue weighted by Crippen LogP contribution is 2.32. The zero-order valence-corrected chi connectivity index (χ0v) is 11.9. The lowest BCUT2D eigenvalue weighted by Gasteiger charge is -2.02. The van der Waals surface area contributed by atoms with Crippen molar-refractivity contribution < 1.29 is 9.53 Å². The number of aryl methyl sites for hydroxylation is 1. The number of nitrogens with zero attached hydrogens (tertiary/aromatic N) is 2. The van der Waals surface area contributed by atoms with Gasteiger partial charge in [-0.1, -0.05) is 24.3 Å². The molecule has 0 amide bonds. The van der Waals surface area contributed by atoms with E-state index in [0.29, 0.717) is 10.6 Å². The summed E-state index contributed by atoms with van der Waals surface area (Å²) in [5.74, 6) is -0.348. The summed E-state index contributed by atoms with van der Waals surface area (Å²) in [6, 6.07) is 7.99. The first-order chi connectivity index (χ1) is 9.70. The van der Waals surface area contributed by atoms with Gasteiger partial charge >= 0.3 is 5.97 Å². The summed E-state index contributed by atoms with van der Waals surface area (Å²) in [6.45, 7) is 1.81. The van der Waals surface area contributed by atoms with Crippen LogP contribution in [0.25, 0.3) is 21.3 Å². The second-order valence-corrected chi connectivity index (χ2v) is 5.33. The molecule has 3 rings (SSSR count). The van der Waals surface area contributed by atoms with E-state index in [9.17, 15) is 4.79 Å². The predicted molar refractivity (Wildman–Crippen MR) is 78.9 cm³/mol. The van der Waals surface area contributed by atoms with Crippen LogP contribution < -0.4 is 0 Å². The van der Waals surface area contributed by atoms with Gasteiger partial charge in [-0.3, -0.25) is 4.98 Å². The molecule has 1 aromatic carbocycles. The van der Waals surface area contributed by atoms with Gasteiger partial charge in [0, 0.05) is 23.3 Å². The quantitative estimate of drug-likeness (QED) is 0.676. The van der Waals surface area contributed by atoms with Gasteiger partial charge in [-0.05, 0) is 12.3 Å². The van der Waals surface area contributed by atoms with Gasteiger partial charge in [0.1, 0.15) is 9.88 Å². The molecule has 0 N–H and O–H groups in total. The minimum absolute atomic E-state index is 0.348. The van der Waals surface area contributed by atoms with E-state index in [0.717, 1.165) is 21.3 Å². The smallest absolute Gasteiger partial charge is 0.349 e. The number of benzene rings is 1. The van der Waals surface area contributed by atoms with Gasteiger partial charge in [-0.2, -0.15) is 0 Å². The number of thiazole rings is 1. The Balaban J connectivity index is 2.19. The van der Waals surface area contributed by atoms with Gasteiger partial charge in [0.25, 0.3) is 0 Å². The van der Waals surface area contributed by atoms with Gasteiger partial charge in [0.2, 0.25) is 0 Å². The fourth-order valence-electron chi connectivity index (χ4n) is 2.08. The number of aromatic nitrogens is 2. The van der Waals surface area contributed by atoms with Crippen LogP contribution in [0.2, 0.25) is 0 Å². The molecule has 2 heterocycles. The number of ether oxygens (including phenoxy) is 1. The molecule has 0 spiro atoms. The van der Waals surface area contributed by atoms with E-state index in [2.05, 4.69) is 9.97 Å². The molecule has 100 valence electrons. The minimum atomic E-state index is -0.348. The Morgan fingerprint density at radius 1 is 1.25 bits per heavy atom. The van der Waals surface area contributed by atoms with Crippen LogP contribution >= 0.6 is 11.3 Å². The zero-order chi connectivity index (χ0) is 14.1. The van der Waals surface area contributed by atoms with Crippen molar-refractivity contribution in [3.05, 3.63) is 47.2 Å². The lowest BCUT2D eigenvalue weighted by atomic mass is 10.1. The number of esters is 1. The van der Waals surface area contributed by atoms with Crippen LogP contribution in [-0.4, -0.2) is 23.0 Å². The van der Waals surface area contributed by atoms with Crippen LogP contribution in [0, 0.1) is 6.92 Å². The Morgan fingerprint density at radius 2 is 2.05 bits per heavy atom. The summed E-state index contributed by atoms with van der Waals surface area (Å²) in [4.78, 5) is 20.9. The highest BCUT2D eigenvalue weighted by molar-refractivity contribution is 7.17. The van der Waals surface area contributed by atoms with Crippen molar-refractivity contribution in [2.24, 2.45) is 0 Å². The number of carbonyl (C=O) groups is 1. The fraction of sp³-hybridized carbons (Fsp3) is 0.133. The summed E-state index contributed by atoms with van der Waals surface area (Å²) in [5, 5.41) is 2.91. The van der Waals surface area contributed by atoms with Crippen molar-refractivity contribution in [1.82, 2.24) is 9.97 Å². The van der Waals surface area contributed by atoms with Crippen molar-refractivity contribution in [1.29, 1.82) is 0 Å². The molecule has 0 aliphatic carbocycles. The average Bonchev–Trinajstić information content (AvgIpc) is 2.87. The Hall–Kier alpha value is -2.27. The summed E-state index contributed by atoms with van der Waals surface area (Å²) in [5.41, 5.74) is 1.62. The Kier molecular flexibility index (Phi) is 3.20. The van der Waals surface area contributed by atoms with Crippen LogP contribution in [0.1, 0.15) is 15.4 Å². The van der Waals surface area contributed by atoms with Crippen LogP contribution in [-0.2, 0) is 4.74 Å². The Bertz CT molecular complexity index is 790. The van der Waals surface area contributed by atoms with Crippen LogP contribution in [0.5, 0.6) is 0 Å². The molecule has 0 aliphatic rings. The number of pyridine rings is 1. The number of rotatable bonds is 2. The topological polar surface area (TPSA) is 52.1 Å². The molecule has 0 bridgehead atoms. The van der Waals surface area contributed by atoms with Crippen molar-refractivity contribution in [3.8, 4) is 10.6 Å². The number of fused-ring (bicyclic) bond motifs is 1. The molecule has 2 aromatic heterocycles. The maximum absolute atomic E-state index is 11.7. The van der Waals surface area contributed by atoms with Gasteiger partial charge < -0.3 is 4.74 Å². The molecule has 0 saturated heterocycles. The Morgan fingerprint density at radius 3 is 2.85 bits per heavy atom. The first kappa shape index (κ1) is 12.7. The van der Waals surface area contributed by atoms with E-state index in [-0.39, 0.29) is 5.97 Å². The van der Waals surface area contributed by atoms with E-state index < -0.39 is 0 Å². The number of hydrogen-bond donors (Lipinski definition) is 0. The number of hydrogen-bond acceptors (Lipinski definition) is 5. The third kappa shape index (κ3) is 2.06. The first-order valence-corrected chi connectivity index (χ1v) is 6.91. The van der Waals surface area contributed by atoms with Gasteiger partial charge in [-0.25, -0.2) is 9.78 Å². The summed E-state index contributed by atoms with van der Waals surface area (Å²) in [7, 11) is 1.38. The second-order valence-electron chi connectivity index (χ2n) is 4.33. The number of carbonyl (C=O) groups excluding carboxylic acids is 1. The molecule has 3 aromatic rings. The molecule has 0 atom stereocenters. The zero-order valence-electron chi connectivity index (χ0n) is 11.1. The highest BCUT2D eigenvalue weighted by Gasteiger charge is 2.17. The van der Waals surface area contributed by atoms with Crippen molar-refractivity contribution >= 4 is 28.1 Å². The van der Waals surface area contributed by atoms with E-state index in [1.165, 1.54) is 18.4 Å². The van der Waals surface area contributed by atoms with E-state index in [1.807, 2.05) is 37.4 Å². The molecule has 0 aliphatic heterocycles. The molecular formula is C15H12N2O2S. The second kappa shape index (κ2) is 5.02. The van der Waals surface area contributed by atoms with E-state index in [4.69, 9.17) is 4.74 Å². The lowest BCUT2D eigenvalue weighted by Crippen LogP contribution is -1.99. The lowest BCUT2D eigenvalue weighted by molar-refractivity contribution is 0.0605. The normalized spacial score (nSPS) is 10.7. The summed E-state index contributed by atoms with van der Waals surface area (Å²) < 4.78 is 4.77. The fourth-order valence-corrected chi connectivity index (χ4v) is 3.09.